The topological polar surface area (TPSA) is 25.2 Å². The largest absolute Gasteiger partial charge is 0.444 e. The summed E-state index contributed by atoms with van der Waals surface area (Å²) in [5, 5.41) is 5.72. The summed E-state index contributed by atoms with van der Waals surface area (Å²) in [5.74, 6) is 0. The molecule has 1 unspecified atom stereocenters. The van der Waals surface area contributed by atoms with E-state index in [4.69, 9.17) is 27.6 Å². The first-order valence-corrected chi connectivity index (χ1v) is 7.55. The van der Waals surface area contributed by atoms with Gasteiger partial charge in [0.25, 0.3) is 0 Å². The molecule has 3 aromatic rings. The highest BCUT2D eigenvalue weighted by Gasteiger charge is 2.13. The van der Waals surface area contributed by atoms with Crippen LogP contribution in [-0.4, -0.2) is 0 Å². The molecule has 0 spiro atoms. The lowest BCUT2D eigenvalue weighted by molar-refractivity contribution is 0.563. The van der Waals surface area contributed by atoms with Crippen molar-refractivity contribution in [3.8, 4) is 0 Å². The number of rotatable bonds is 4. The minimum absolute atomic E-state index is 0.201. The third-order valence-electron chi connectivity index (χ3n) is 3.60. The average molecular weight is 320 g/mol. The minimum Gasteiger partial charge on any atom is -0.444 e. The lowest BCUT2D eigenvalue weighted by Crippen LogP contribution is -2.18. The number of halogens is 2. The first-order chi connectivity index (χ1) is 10.1. The normalized spacial score (nSPS) is 12.7. The van der Waals surface area contributed by atoms with E-state index in [1.165, 1.54) is 5.56 Å². The first-order valence-electron chi connectivity index (χ1n) is 6.80. The van der Waals surface area contributed by atoms with Gasteiger partial charge in [0.05, 0.1) is 0 Å². The van der Waals surface area contributed by atoms with Gasteiger partial charge in [-0.3, -0.25) is 0 Å². The summed E-state index contributed by atoms with van der Waals surface area (Å²) < 4.78 is 5.56. The number of fused-ring (bicyclic) bond motifs is 1. The van der Waals surface area contributed by atoms with Crippen molar-refractivity contribution in [1.82, 2.24) is 5.32 Å². The van der Waals surface area contributed by atoms with Crippen molar-refractivity contribution in [3.05, 3.63) is 69.9 Å². The Bertz CT molecular complexity index is 749. The van der Waals surface area contributed by atoms with Crippen molar-refractivity contribution < 1.29 is 4.42 Å². The first kappa shape index (κ1) is 14.5. The number of hydrogen-bond acceptors (Lipinski definition) is 2. The van der Waals surface area contributed by atoms with Gasteiger partial charge in [-0.1, -0.05) is 41.9 Å². The molecule has 1 heterocycles. The molecule has 1 N–H and O–H groups in total. The number of hydrogen-bond donors (Lipinski definition) is 1. The van der Waals surface area contributed by atoms with E-state index < -0.39 is 0 Å². The zero-order valence-corrected chi connectivity index (χ0v) is 13.1. The molecule has 1 atom stereocenters. The molecule has 0 aliphatic rings. The molecule has 0 fully saturated rings. The third-order valence-corrected chi connectivity index (χ3v) is 4.16. The smallest absolute Gasteiger partial charge is 0.199 e. The van der Waals surface area contributed by atoms with Gasteiger partial charge < -0.3 is 9.73 Å². The summed E-state index contributed by atoms with van der Waals surface area (Å²) in [4.78, 5) is 0. The maximum absolute atomic E-state index is 6.19. The molecule has 0 radical (unpaired) electrons. The second-order valence-corrected chi connectivity index (χ2v) is 5.78. The summed E-state index contributed by atoms with van der Waals surface area (Å²) in [6, 6.07) is 15.9. The summed E-state index contributed by atoms with van der Waals surface area (Å²) in [7, 11) is 0. The van der Waals surface area contributed by atoms with Crippen LogP contribution in [-0.2, 0) is 6.54 Å². The zero-order chi connectivity index (χ0) is 14.8. The van der Waals surface area contributed by atoms with E-state index in [1.54, 1.807) is 0 Å². The van der Waals surface area contributed by atoms with Crippen LogP contribution >= 0.6 is 23.2 Å². The van der Waals surface area contributed by atoms with Gasteiger partial charge in [-0.05, 0) is 42.3 Å². The van der Waals surface area contributed by atoms with Gasteiger partial charge in [-0.25, -0.2) is 0 Å². The van der Waals surface area contributed by atoms with Crippen LogP contribution in [0.4, 0.5) is 0 Å². The van der Waals surface area contributed by atoms with Crippen LogP contribution in [0, 0.1) is 0 Å². The van der Waals surface area contributed by atoms with E-state index >= 15 is 0 Å². The predicted octanol–water partition coefficient (Wildman–Crippen LogP) is 5.59. The quantitative estimate of drug-likeness (QED) is 0.678. The maximum Gasteiger partial charge on any atom is 0.199 e. The second-order valence-electron chi connectivity index (χ2n) is 5.00. The van der Waals surface area contributed by atoms with Crippen LogP contribution in [0.3, 0.4) is 0 Å². The molecule has 2 aromatic carbocycles. The fourth-order valence-electron chi connectivity index (χ4n) is 2.36. The van der Waals surface area contributed by atoms with E-state index in [1.807, 2.05) is 48.5 Å². The van der Waals surface area contributed by atoms with Gasteiger partial charge >= 0.3 is 0 Å². The second kappa shape index (κ2) is 6.10. The molecular formula is C17H15Cl2NO. The Balaban J connectivity index is 1.77. The fraction of sp³-hybridized carbons (Fsp3) is 0.176. The van der Waals surface area contributed by atoms with Crippen LogP contribution in [0.1, 0.15) is 24.1 Å². The number of benzene rings is 2. The Morgan fingerprint density at radius 3 is 2.52 bits per heavy atom. The summed E-state index contributed by atoms with van der Waals surface area (Å²) in [6.45, 7) is 2.76. The third kappa shape index (κ3) is 3.08. The van der Waals surface area contributed by atoms with Gasteiger partial charge in [0, 0.05) is 28.6 Å². The van der Waals surface area contributed by atoms with Gasteiger partial charge in [0.1, 0.15) is 5.58 Å². The lowest BCUT2D eigenvalue weighted by atomic mass is 10.1. The van der Waals surface area contributed by atoms with Crippen molar-refractivity contribution in [2.24, 2.45) is 0 Å². The highest BCUT2D eigenvalue weighted by atomic mass is 35.5. The van der Waals surface area contributed by atoms with E-state index in [9.17, 15) is 0 Å². The average Bonchev–Trinajstić information content (AvgIpc) is 2.81. The number of furan rings is 1. The van der Waals surface area contributed by atoms with Crippen LogP contribution in [0.15, 0.2) is 52.9 Å². The molecule has 0 saturated carbocycles. The molecule has 0 amide bonds. The molecule has 0 bridgehead atoms. The van der Waals surface area contributed by atoms with E-state index in [0.29, 0.717) is 11.8 Å². The van der Waals surface area contributed by atoms with Gasteiger partial charge in [-0.2, -0.15) is 0 Å². The lowest BCUT2D eigenvalue weighted by Gasteiger charge is -2.14. The number of para-hydroxylation sites is 1. The van der Waals surface area contributed by atoms with Crippen LogP contribution in [0.5, 0.6) is 0 Å². The molecule has 0 aliphatic carbocycles. The highest BCUT2D eigenvalue weighted by Crippen LogP contribution is 2.30. The van der Waals surface area contributed by atoms with Crippen LogP contribution in [0.2, 0.25) is 10.2 Å². The standard InChI is InChI=1S/C17H15Cl2NO/c1-11(12-6-8-13(18)9-7-12)20-10-15-14-4-2-3-5-16(14)21-17(15)19/h2-9,11,20H,10H2,1H3. The van der Waals surface area contributed by atoms with E-state index in [2.05, 4.69) is 12.2 Å². The zero-order valence-electron chi connectivity index (χ0n) is 11.6. The van der Waals surface area contributed by atoms with Crippen molar-refractivity contribution >= 4 is 34.2 Å². The molecule has 108 valence electrons. The maximum atomic E-state index is 6.19. The Morgan fingerprint density at radius 1 is 1.05 bits per heavy atom. The Labute approximate surface area is 133 Å². The summed E-state index contributed by atoms with van der Waals surface area (Å²) >= 11 is 12.1. The molecular weight excluding hydrogens is 305 g/mol. The molecule has 0 saturated heterocycles. The Kier molecular flexibility index (Phi) is 4.20. The molecule has 2 nitrogen and oxygen atoms in total. The SMILES string of the molecule is CC(NCc1c(Cl)oc2ccccc12)c1ccc(Cl)cc1. The van der Waals surface area contributed by atoms with Gasteiger partial charge in [-0.15, -0.1) is 0 Å². The Morgan fingerprint density at radius 2 is 1.76 bits per heavy atom. The monoisotopic (exact) mass is 319 g/mol. The van der Waals surface area contributed by atoms with Crippen LogP contribution in [0.25, 0.3) is 11.0 Å². The number of nitrogens with one attached hydrogen (secondary N) is 1. The van der Waals surface area contributed by atoms with E-state index in [-0.39, 0.29) is 6.04 Å². The molecule has 0 aliphatic heterocycles. The van der Waals surface area contributed by atoms with Crippen molar-refractivity contribution in [1.29, 1.82) is 0 Å². The Hall–Kier alpha value is -1.48. The fourth-order valence-corrected chi connectivity index (χ4v) is 2.74. The molecule has 1 aromatic heterocycles. The predicted molar refractivity (Wildman–Crippen MR) is 87.9 cm³/mol. The van der Waals surface area contributed by atoms with Crippen molar-refractivity contribution in [3.63, 3.8) is 0 Å². The van der Waals surface area contributed by atoms with Crippen molar-refractivity contribution in [2.45, 2.75) is 19.5 Å². The minimum atomic E-state index is 0.201. The molecule has 4 heteroatoms. The molecule has 3 rings (SSSR count). The highest BCUT2D eigenvalue weighted by molar-refractivity contribution is 6.31. The van der Waals surface area contributed by atoms with E-state index in [0.717, 1.165) is 21.6 Å². The van der Waals surface area contributed by atoms with Crippen molar-refractivity contribution in [2.75, 3.05) is 0 Å². The molecule has 21 heavy (non-hydrogen) atoms. The van der Waals surface area contributed by atoms with Gasteiger partial charge in [0.15, 0.2) is 5.22 Å². The van der Waals surface area contributed by atoms with Crippen LogP contribution < -0.4 is 5.32 Å². The summed E-state index contributed by atoms with van der Waals surface area (Å²) in [5.41, 5.74) is 3.00. The van der Waals surface area contributed by atoms with Gasteiger partial charge in [0.2, 0.25) is 0 Å². The summed E-state index contributed by atoms with van der Waals surface area (Å²) in [6.07, 6.45) is 0.